The summed E-state index contributed by atoms with van der Waals surface area (Å²) in [5.74, 6) is -0.791. The van der Waals surface area contributed by atoms with Crippen molar-refractivity contribution in [3.8, 4) is 0 Å². The highest BCUT2D eigenvalue weighted by molar-refractivity contribution is 6.30. The van der Waals surface area contributed by atoms with Crippen LogP contribution in [0.15, 0.2) is 109 Å². The Kier molecular flexibility index (Phi) is 15.9. The molecule has 0 bridgehead atoms. The zero-order valence-corrected chi connectivity index (χ0v) is 29.0. The minimum atomic E-state index is -0.433. The fourth-order valence-electron chi connectivity index (χ4n) is 5.93. The normalized spacial score (nSPS) is 14.7. The average molecular weight is 698 g/mol. The molecule has 9 heteroatoms. The Balaban J connectivity index is 0.00000300. The predicted molar refractivity (Wildman–Crippen MR) is 193 cm³/mol. The van der Waals surface area contributed by atoms with Crippen LogP contribution >= 0.6 is 36.4 Å². The molecule has 0 amide bonds. The Morgan fingerprint density at radius 1 is 0.702 bits per heavy atom. The van der Waals surface area contributed by atoms with Gasteiger partial charge in [0, 0.05) is 48.9 Å². The van der Waals surface area contributed by atoms with E-state index < -0.39 is 5.92 Å². The van der Waals surface area contributed by atoms with Crippen LogP contribution in [0.4, 0.5) is 0 Å². The molecule has 1 fully saturated rings. The van der Waals surface area contributed by atoms with E-state index in [-0.39, 0.29) is 49.2 Å². The molecular formula is C38H43Cl3N2O4. The Morgan fingerprint density at radius 3 is 1.96 bits per heavy atom. The maximum Gasteiger partial charge on any atom is 0.313 e. The van der Waals surface area contributed by atoms with E-state index in [1.165, 1.54) is 11.1 Å². The van der Waals surface area contributed by atoms with Gasteiger partial charge in [0.25, 0.3) is 0 Å². The molecule has 0 saturated carbocycles. The molecule has 1 saturated heterocycles. The summed E-state index contributed by atoms with van der Waals surface area (Å²) >= 11 is 6.17. The molecule has 0 spiro atoms. The third-order valence-electron chi connectivity index (χ3n) is 8.38. The summed E-state index contributed by atoms with van der Waals surface area (Å²) in [7, 11) is 0. The van der Waals surface area contributed by atoms with Crippen LogP contribution in [-0.2, 0) is 14.3 Å². The topological polar surface area (TPSA) is 59.1 Å². The number of rotatable bonds is 14. The smallest absolute Gasteiger partial charge is 0.313 e. The van der Waals surface area contributed by atoms with Crippen LogP contribution in [0.5, 0.6) is 0 Å². The number of ether oxygens (including phenoxy) is 2. The number of benzene rings is 4. The van der Waals surface area contributed by atoms with Crippen molar-refractivity contribution >= 4 is 48.2 Å². The summed E-state index contributed by atoms with van der Waals surface area (Å²) in [5.41, 5.74) is 4.50. The molecule has 1 heterocycles. The number of hydrogen-bond donors (Lipinski definition) is 0. The molecule has 250 valence electrons. The van der Waals surface area contributed by atoms with Crippen LogP contribution in [0.25, 0.3) is 0 Å². The van der Waals surface area contributed by atoms with Crippen LogP contribution in [0.3, 0.4) is 0 Å². The molecule has 1 aliphatic heterocycles. The summed E-state index contributed by atoms with van der Waals surface area (Å²) in [6.07, 6.45) is 0.581. The molecule has 0 aliphatic carbocycles. The van der Waals surface area contributed by atoms with Gasteiger partial charge in [-0.25, -0.2) is 0 Å². The maximum atomic E-state index is 12.9. The van der Waals surface area contributed by atoms with Gasteiger partial charge >= 0.3 is 5.97 Å². The maximum absolute atomic E-state index is 12.9. The number of ketones is 1. The van der Waals surface area contributed by atoms with Gasteiger partial charge in [-0.15, -0.1) is 24.8 Å². The van der Waals surface area contributed by atoms with Gasteiger partial charge in [-0.2, -0.15) is 0 Å². The number of carbonyl (C=O) groups excluding carboxylic acids is 2. The van der Waals surface area contributed by atoms with Crippen molar-refractivity contribution in [2.75, 3.05) is 52.5 Å². The van der Waals surface area contributed by atoms with Gasteiger partial charge in [0.15, 0.2) is 5.78 Å². The standard InChI is InChI=1S/C38H41ClN2O4.2ClH/c1-2-35(32-14-9-15-33(28-32)37(42)31-12-7-4-8-13-31)38(43)45-27-26-44-25-24-40-20-22-41(23-21-40)36(29-10-5-3-6-11-29)30-16-18-34(39)19-17-30;;/h3-19,28,35-36H,2,20-27H2,1H3;2*1H. The van der Waals surface area contributed by atoms with Crippen molar-refractivity contribution in [2.24, 2.45) is 0 Å². The van der Waals surface area contributed by atoms with E-state index in [1.54, 1.807) is 24.3 Å². The van der Waals surface area contributed by atoms with Gasteiger partial charge in [-0.05, 0) is 41.3 Å². The lowest BCUT2D eigenvalue weighted by molar-refractivity contribution is -0.147. The first-order valence-electron chi connectivity index (χ1n) is 15.7. The van der Waals surface area contributed by atoms with Gasteiger partial charge in [-0.1, -0.05) is 110 Å². The summed E-state index contributed by atoms with van der Waals surface area (Å²) in [5, 5.41) is 0.748. The SMILES string of the molecule is CCC(C(=O)OCCOCCN1CCN(C(c2ccccc2)c2ccc(Cl)cc2)CC1)c1cccc(C(=O)c2ccccc2)c1.Cl.Cl. The van der Waals surface area contributed by atoms with E-state index in [0.717, 1.165) is 43.3 Å². The molecule has 0 aromatic heterocycles. The van der Waals surface area contributed by atoms with Gasteiger partial charge in [-0.3, -0.25) is 19.4 Å². The zero-order valence-electron chi connectivity index (χ0n) is 26.6. The summed E-state index contributed by atoms with van der Waals surface area (Å²) in [4.78, 5) is 30.8. The molecule has 47 heavy (non-hydrogen) atoms. The minimum absolute atomic E-state index is 0. The van der Waals surface area contributed by atoms with Gasteiger partial charge in [0.1, 0.15) is 6.61 Å². The lowest BCUT2D eigenvalue weighted by atomic mass is 9.93. The summed E-state index contributed by atoms with van der Waals surface area (Å²) in [6.45, 7) is 7.74. The molecule has 0 N–H and O–H groups in total. The second-order valence-electron chi connectivity index (χ2n) is 11.3. The van der Waals surface area contributed by atoms with Crippen molar-refractivity contribution in [1.29, 1.82) is 0 Å². The summed E-state index contributed by atoms with van der Waals surface area (Å²) in [6, 6.07) is 35.5. The van der Waals surface area contributed by atoms with Crippen LogP contribution in [-0.4, -0.2) is 74.1 Å². The van der Waals surface area contributed by atoms with E-state index in [4.69, 9.17) is 21.1 Å². The fraction of sp³-hybridized carbons (Fsp3) is 0.316. The van der Waals surface area contributed by atoms with E-state index in [0.29, 0.717) is 30.8 Å². The number of halogens is 3. The molecule has 4 aromatic rings. The molecule has 6 nitrogen and oxygen atoms in total. The Morgan fingerprint density at radius 2 is 1.30 bits per heavy atom. The number of nitrogens with zero attached hydrogens (tertiary/aromatic N) is 2. The number of esters is 1. The van der Waals surface area contributed by atoms with Crippen molar-refractivity contribution in [1.82, 2.24) is 9.80 Å². The van der Waals surface area contributed by atoms with Crippen LogP contribution in [0.2, 0.25) is 5.02 Å². The average Bonchev–Trinajstić information content (AvgIpc) is 3.09. The van der Waals surface area contributed by atoms with Crippen molar-refractivity contribution in [3.63, 3.8) is 0 Å². The third kappa shape index (κ3) is 10.6. The Hall–Kier alpha value is -3.23. The quantitative estimate of drug-likeness (QED) is 0.0760. The van der Waals surface area contributed by atoms with Crippen molar-refractivity contribution < 1.29 is 19.1 Å². The predicted octanol–water partition coefficient (Wildman–Crippen LogP) is 7.88. The molecule has 4 aromatic carbocycles. The lowest BCUT2D eigenvalue weighted by Gasteiger charge is -2.39. The third-order valence-corrected chi connectivity index (χ3v) is 8.63. The molecule has 0 radical (unpaired) electrons. The van der Waals surface area contributed by atoms with E-state index in [9.17, 15) is 9.59 Å². The first-order chi connectivity index (χ1) is 22.0. The fourth-order valence-corrected chi connectivity index (χ4v) is 6.05. The van der Waals surface area contributed by atoms with Crippen molar-refractivity contribution in [2.45, 2.75) is 25.3 Å². The highest BCUT2D eigenvalue weighted by Crippen LogP contribution is 2.30. The first-order valence-corrected chi connectivity index (χ1v) is 16.1. The number of piperazine rings is 1. The number of hydrogen-bond acceptors (Lipinski definition) is 6. The lowest BCUT2D eigenvalue weighted by Crippen LogP contribution is -2.48. The first kappa shape index (κ1) is 38.2. The van der Waals surface area contributed by atoms with E-state index >= 15 is 0 Å². The van der Waals surface area contributed by atoms with Crippen LogP contribution in [0, 0.1) is 0 Å². The van der Waals surface area contributed by atoms with E-state index in [1.807, 2.05) is 49.4 Å². The molecule has 5 rings (SSSR count). The molecule has 2 atom stereocenters. The van der Waals surface area contributed by atoms with Gasteiger partial charge < -0.3 is 9.47 Å². The largest absolute Gasteiger partial charge is 0.463 e. The zero-order chi connectivity index (χ0) is 31.4. The monoisotopic (exact) mass is 696 g/mol. The highest BCUT2D eigenvalue weighted by Gasteiger charge is 2.26. The van der Waals surface area contributed by atoms with Crippen LogP contribution in [0.1, 0.15) is 57.9 Å². The number of carbonyl (C=O) groups is 2. The Labute approximate surface area is 295 Å². The second kappa shape index (κ2) is 19.6. The van der Waals surface area contributed by atoms with Crippen molar-refractivity contribution in [3.05, 3.63) is 142 Å². The second-order valence-corrected chi connectivity index (χ2v) is 11.7. The Bertz CT molecular complexity index is 1520. The van der Waals surface area contributed by atoms with Crippen LogP contribution < -0.4 is 0 Å². The molecule has 2 unspecified atom stereocenters. The van der Waals surface area contributed by atoms with Gasteiger partial charge in [0.2, 0.25) is 0 Å². The van der Waals surface area contributed by atoms with Gasteiger partial charge in [0.05, 0.1) is 25.2 Å². The molecular weight excluding hydrogens is 655 g/mol. The minimum Gasteiger partial charge on any atom is -0.463 e. The van der Waals surface area contributed by atoms with E-state index in [2.05, 4.69) is 52.3 Å². The highest BCUT2D eigenvalue weighted by atomic mass is 35.5. The summed E-state index contributed by atoms with van der Waals surface area (Å²) < 4.78 is 11.4. The molecule has 1 aliphatic rings.